The van der Waals surface area contributed by atoms with E-state index in [4.69, 9.17) is 14.2 Å². The van der Waals surface area contributed by atoms with Gasteiger partial charge in [-0.2, -0.15) is 0 Å². The monoisotopic (exact) mass is 572 g/mol. The number of aliphatic hydroxyl groups excluding tert-OH is 1. The average molecular weight is 573 g/mol. The molecule has 0 aliphatic carbocycles. The summed E-state index contributed by atoms with van der Waals surface area (Å²) in [5.41, 5.74) is -2.89. The lowest BCUT2D eigenvalue weighted by molar-refractivity contribution is -0.161. The molecule has 4 fully saturated rings. The molecule has 4 aliphatic heterocycles. The number of likely N-dealkylation sites (tertiary alicyclic amines) is 1. The van der Waals surface area contributed by atoms with Crippen LogP contribution in [0.15, 0.2) is 84.9 Å². The molecule has 0 saturated carbocycles. The topological polar surface area (TPSA) is 104 Å². The normalized spacial score (nSPS) is 34.8. The molecule has 218 valence electrons. The number of hydrogen-bond donors (Lipinski definition) is 2. The molecule has 8 nitrogen and oxygen atoms in total. The number of amides is 1. The maximum Gasteiger partial charge on any atom is 0.308 e. The lowest BCUT2D eigenvalue weighted by atomic mass is 9.76. The fourth-order valence-corrected chi connectivity index (χ4v) is 7.57. The quantitative estimate of drug-likeness (QED) is 0.304. The standard InChI is InChI=1S/C33H33FN2O6/c1-21(2)32-31(42-32,29(39)35-25-11-7-4-8-12-25)30(22-9-5-3-6-10-22)33(41-30,23-13-15-24(34)16-14-23)36(32)18-17-27-19-26(37)20-28(38)40-27/h3-16,21,26-27,37H,17-20H2,1-2H3,(H,35,39)/t26-,27-,30-,31-,32-,33+/m1/s1. The van der Waals surface area contributed by atoms with E-state index in [0.717, 1.165) is 5.56 Å². The van der Waals surface area contributed by atoms with Crippen LogP contribution in [-0.2, 0) is 35.1 Å². The average Bonchev–Trinajstić information content (AvgIpc) is 3.86. The molecule has 6 atom stereocenters. The van der Waals surface area contributed by atoms with Gasteiger partial charge in [-0.05, 0) is 42.2 Å². The number of hydrogen-bond acceptors (Lipinski definition) is 7. The number of halogens is 1. The molecule has 0 bridgehead atoms. The summed E-state index contributed by atoms with van der Waals surface area (Å²) in [5, 5.41) is 13.3. The Labute approximate surface area is 243 Å². The third-order valence-electron chi connectivity index (χ3n) is 9.24. The third-order valence-corrected chi connectivity index (χ3v) is 9.24. The molecule has 0 radical (unpaired) electrons. The molecule has 4 saturated heterocycles. The molecule has 2 N–H and O–H groups in total. The smallest absolute Gasteiger partial charge is 0.308 e. The van der Waals surface area contributed by atoms with E-state index in [1.807, 2.05) is 74.5 Å². The zero-order valence-electron chi connectivity index (χ0n) is 23.5. The van der Waals surface area contributed by atoms with E-state index in [-0.39, 0.29) is 24.1 Å². The second kappa shape index (κ2) is 9.44. The van der Waals surface area contributed by atoms with Gasteiger partial charge in [-0.3, -0.25) is 9.59 Å². The maximum absolute atomic E-state index is 14.6. The Morgan fingerprint density at radius 3 is 2.31 bits per heavy atom. The van der Waals surface area contributed by atoms with Crippen molar-refractivity contribution in [2.24, 2.45) is 5.92 Å². The number of esters is 1. The number of ether oxygens (including phenoxy) is 3. The minimum Gasteiger partial charge on any atom is -0.462 e. The number of benzene rings is 3. The summed E-state index contributed by atoms with van der Waals surface area (Å²) in [6.07, 6.45) is -0.597. The maximum atomic E-state index is 14.6. The van der Waals surface area contributed by atoms with Gasteiger partial charge in [0.25, 0.3) is 5.91 Å². The van der Waals surface area contributed by atoms with E-state index in [1.54, 1.807) is 12.1 Å². The van der Waals surface area contributed by atoms with Crippen molar-refractivity contribution in [3.8, 4) is 0 Å². The zero-order valence-corrected chi connectivity index (χ0v) is 23.5. The van der Waals surface area contributed by atoms with Crippen LogP contribution in [0.3, 0.4) is 0 Å². The summed E-state index contributed by atoms with van der Waals surface area (Å²) in [6.45, 7) is 4.35. The molecule has 7 rings (SSSR count). The van der Waals surface area contributed by atoms with Crippen LogP contribution in [0.1, 0.15) is 44.2 Å². The van der Waals surface area contributed by atoms with Crippen molar-refractivity contribution >= 4 is 17.6 Å². The van der Waals surface area contributed by atoms with Crippen molar-refractivity contribution in [3.63, 3.8) is 0 Å². The highest BCUT2D eigenvalue weighted by Crippen LogP contribution is 2.86. The van der Waals surface area contributed by atoms with E-state index in [2.05, 4.69) is 10.2 Å². The summed E-state index contributed by atoms with van der Waals surface area (Å²) >= 11 is 0. The van der Waals surface area contributed by atoms with Gasteiger partial charge in [-0.25, -0.2) is 9.29 Å². The Morgan fingerprint density at radius 1 is 1.00 bits per heavy atom. The Kier molecular flexibility index (Phi) is 6.12. The van der Waals surface area contributed by atoms with Crippen molar-refractivity contribution in [1.29, 1.82) is 0 Å². The Balaban J connectivity index is 1.39. The first-order valence-corrected chi connectivity index (χ1v) is 14.4. The molecule has 0 spiro atoms. The van der Waals surface area contributed by atoms with E-state index in [9.17, 15) is 19.1 Å². The molecular weight excluding hydrogens is 539 g/mol. The van der Waals surface area contributed by atoms with Crippen LogP contribution < -0.4 is 5.32 Å². The number of anilines is 1. The van der Waals surface area contributed by atoms with E-state index in [1.165, 1.54) is 12.1 Å². The van der Waals surface area contributed by atoms with Crippen LogP contribution in [0.2, 0.25) is 0 Å². The highest BCUT2D eigenvalue weighted by Gasteiger charge is 3.06. The molecule has 4 aliphatic rings. The van der Waals surface area contributed by atoms with Crippen molar-refractivity contribution in [3.05, 3.63) is 102 Å². The van der Waals surface area contributed by atoms with Crippen molar-refractivity contribution in [1.82, 2.24) is 4.90 Å². The minimum atomic E-state index is -1.46. The number of rotatable bonds is 8. The molecule has 0 unspecified atom stereocenters. The Morgan fingerprint density at radius 2 is 1.67 bits per heavy atom. The van der Waals surface area contributed by atoms with Gasteiger partial charge in [-0.1, -0.05) is 74.5 Å². The predicted octanol–water partition coefficient (Wildman–Crippen LogP) is 4.44. The lowest BCUT2D eigenvalue weighted by Crippen LogP contribution is -2.52. The summed E-state index contributed by atoms with van der Waals surface area (Å²) in [7, 11) is 0. The molecule has 3 aromatic rings. The fourth-order valence-electron chi connectivity index (χ4n) is 7.57. The second-order valence-corrected chi connectivity index (χ2v) is 11.9. The van der Waals surface area contributed by atoms with E-state index < -0.39 is 40.8 Å². The van der Waals surface area contributed by atoms with Crippen LogP contribution in [-0.4, -0.2) is 52.0 Å². The Bertz CT molecular complexity index is 1520. The number of nitrogens with zero attached hydrogens (tertiary/aromatic N) is 1. The van der Waals surface area contributed by atoms with Crippen LogP contribution in [0.4, 0.5) is 10.1 Å². The SMILES string of the molecule is CC(C)[C@@]12O[C@]1(C(=O)Nc1ccccc1)[C@@]1(c3ccccc3)O[C@]1(c1ccc(F)cc1)N2CC[C@@H]1C[C@@H](O)CC(=O)O1. The van der Waals surface area contributed by atoms with Gasteiger partial charge < -0.3 is 24.6 Å². The van der Waals surface area contributed by atoms with Gasteiger partial charge in [0.15, 0.2) is 17.1 Å². The lowest BCUT2D eigenvalue weighted by Gasteiger charge is -2.36. The van der Waals surface area contributed by atoms with Gasteiger partial charge in [0, 0.05) is 24.2 Å². The Hall–Kier alpha value is -3.63. The van der Waals surface area contributed by atoms with Crippen LogP contribution in [0.25, 0.3) is 0 Å². The number of epoxide rings is 2. The number of carbonyl (C=O) groups is 2. The van der Waals surface area contributed by atoms with Gasteiger partial charge >= 0.3 is 5.97 Å². The van der Waals surface area contributed by atoms with Crippen molar-refractivity contribution < 1.29 is 33.3 Å². The highest BCUT2D eigenvalue weighted by atomic mass is 19.1. The molecule has 4 heterocycles. The second-order valence-electron chi connectivity index (χ2n) is 11.9. The number of para-hydroxylation sites is 1. The van der Waals surface area contributed by atoms with E-state index in [0.29, 0.717) is 30.6 Å². The van der Waals surface area contributed by atoms with Crippen LogP contribution in [0.5, 0.6) is 0 Å². The van der Waals surface area contributed by atoms with Gasteiger partial charge in [0.05, 0.1) is 12.5 Å². The number of fused-ring (bicyclic) bond motifs is 3. The summed E-state index contributed by atoms with van der Waals surface area (Å²) in [4.78, 5) is 28.8. The zero-order chi connectivity index (χ0) is 29.3. The molecule has 1 amide bonds. The number of aliphatic hydroxyl groups is 1. The first kappa shape index (κ1) is 27.2. The van der Waals surface area contributed by atoms with Crippen LogP contribution in [0, 0.1) is 11.7 Å². The minimum absolute atomic E-state index is 0.0260. The third kappa shape index (κ3) is 3.48. The summed E-state index contributed by atoms with van der Waals surface area (Å²) < 4.78 is 33.4. The van der Waals surface area contributed by atoms with E-state index >= 15 is 0 Å². The van der Waals surface area contributed by atoms with Gasteiger partial charge in [0.2, 0.25) is 5.60 Å². The fraction of sp³-hybridized carbons (Fsp3) is 0.394. The van der Waals surface area contributed by atoms with Crippen LogP contribution >= 0.6 is 0 Å². The largest absolute Gasteiger partial charge is 0.462 e. The molecule has 9 heteroatoms. The first-order chi connectivity index (χ1) is 20.2. The highest BCUT2D eigenvalue weighted by molar-refractivity contribution is 6.03. The van der Waals surface area contributed by atoms with Crippen molar-refractivity contribution in [2.45, 2.75) is 68.0 Å². The molecule has 0 aromatic heterocycles. The first-order valence-electron chi connectivity index (χ1n) is 14.4. The summed E-state index contributed by atoms with van der Waals surface area (Å²) in [5.74, 6) is -1.33. The van der Waals surface area contributed by atoms with Crippen molar-refractivity contribution in [2.75, 3.05) is 11.9 Å². The summed E-state index contributed by atoms with van der Waals surface area (Å²) in [6, 6.07) is 24.9. The number of nitrogens with one attached hydrogen (secondary N) is 1. The molecule has 42 heavy (non-hydrogen) atoms. The van der Waals surface area contributed by atoms with Gasteiger partial charge in [-0.15, -0.1) is 0 Å². The predicted molar refractivity (Wildman–Crippen MR) is 150 cm³/mol. The number of carbonyl (C=O) groups excluding carboxylic acids is 2. The molecular formula is C33H33FN2O6. The van der Waals surface area contributed by atoms with Gasteiger partial charge in [0.1, 0.15) is 11.9 Å². The molecule has 3 aromatic carbocycles. The number of cyclic esters (lactones) is 1.